The van der Waals surface area contributed by atoms with Gasteiger partial charge >= 0.3 is 18.2 Å². The van der Waals surface area contributed by atoms with Gasteiger partial charge in [0, 0.05) is 20.6 Å². The first-order valence-electron chi connectivity index (χ1n) is 13.0. The molecule has 15 nitrogen and oxygen atoms in total. The van der Waals surface area contributed by atoms with Crippen molar-refractivity contribution >= 4 is 55.1 Å². The fourth-order valence-corrected chi connectivity index (χ4v) is 5.09. The number of anilines is 1. The Morgan fingerprint density at radius 2 is 1.67 bits per heavy atom. The molecule has 0 spiro atoms. The van der Waals surface area contributed by atoms with Gasteiger partial charge in [-0.15, -0.1) is 0 Å². The van der Waals surface area contributed by atoms with Gasteiger partial charge in [0.05, 0.1) is 26.1 Å². The SMILES string of the molecule is COC(=O)C(OCC1CC(F)C(n2cnc3c(N(C(=O)OC(C)(C)C)C(=O)OC(C)(C)C)nc(Cl)nc32)O1)P(OC)OC. The van der Waals surface area contributed by atoms with Gasteiger partial charge in [-0.25, -0.2) is 23.8 Å². The molecule has 4 unspecified atom stereocenters. The number of methoxy groups -OCH3 is 1. The summed E-state index contributed by atoms with van der Waals surface area (Å²) in [6.45, 7) is 9.52. The third-order valence-corrected chi connectivity index (χ3v) is 7.17. The number of amides is 2. The van der Waals surface area contributed by atoms with E-state index >= 15 is 4.39 Å². The average Bonchev–Trinajstić information content (AvgIpc) is 3.46. The highest BCUT2D eigenvalue weighted by atomic mass is 35.5. The summed E-state index contributed by atoms with van der Waals surface area (Å²) >= 11 is 6.21. The number of hydrogen-bond acceptors (Lipinski definition) is 13. The molecule has 1 saturated heterocycles. The predicted octanol–water partition coefficient (Wildman–Crippen LogP) is 4.90. The lowest BCUT2D eigenvalue weighted by molar-refractivity contribution is -0.151. The lowest BCUT2D eigenvalue weighted by Gasteiger charge is -2.28. The summed E-state index contributed by atoms with van der Waals surface area (Å²) in [6, 6.07) is 0. The highest BCUT2D eigenvalue weighted by Crippen LogP contribution is 2.44. The molecule has 1 aliphatic rings. The normalized spacial score (nSPS) is 19.9. The fraction of sp³-hybridized carbons (Fsp3) is 0.680. The van der Waals surface area contributed by atoms with Crippen molar-refractivity contribution in [3.8, 4) is 0 Å². The smallest absolute Gasteiger partial charge is 0.425 e. The number of carbonyl (C=O) groups is 3. The number of aromatic nitrogens is 4. The van der Waals surface area contributed by atoms with Crippen molar-refractivity contribution in [2.45, 2.75) is 83.5 Å². The van der Waals surface area contributed by atoms with E-state index in [1.54, 1.807) is 41.5 Å². The van der Waals surface area contributed by atoms with E-state index in [1.165, 1.54) is 32.2 Å². The van der Waals surface area contributed by atoms with Crippen LogP contribution < -0.4 is 4.90 Å². The number of imidazole rings is 1. The topological polar surface area (TPSA) is 163 Å². The number of hydrogen-bond donors (Lipinski definition) is 0. The number of alkyl halides is 1. The molecule has 0 bridgehead atoms. The Hall–Kier alpha value is -2.75. The van der Waals surface area contributed by atoms with Crippen molar-refractivity contribution in [3.05, 3.63) is 11.6 Å². The van der Waals surface area contributed by atoms with Crippen LogP contribution in [0.1, 0.15) is 54.2 Å². The number of imide groups is 1. The minimum Gasteiger partial charge on any atom is -0.467 e. The number of fused-ring (bicyclic) bond motifs is 1. The Kier molecular flexibility index (Phi) is 11.2. The first-order chi connectivity index (χ1) is 20.0. The summed E-state index contributed by atoms with van der Waals surface area (Å²) in [4.78, 5) is 51.6. The molecule has 18 heteroatoms. The third-order valence-electron chi connectivity index (χ3n) is 5.54. The summed E-state index contributed by atoms with van der Waals surface area (Å²) in [7, 11) is 2.11. The first-order valence-corrected chi connectivity index (χ1v) is 14.6. The maximum Gasteiger partial charge on any atom is 0.425 e. The Labute approximate surface area is 254 Å². The number of carbonyl (C=O) groups excluding carboxylic acids is 3. The average molecular weight is 652 g/mol. The third kappa shape index (κ3) is 8.67. The van der Waals surface area contributed by atoms with Gasteiger partial charge in [-0.1, -0.05) is 0 Å². The quantitative estimate of drug-likeness (QED) is 0.156. The summed E-state index contributed by atoms with van der Waals surface area (Å²) < 4.78 is 54.1. The number of nitrogens with zero attached hydrogens (tertiary/aromatic N) is 5. The summed E-state index contributed by atoms with van der Waals surface area (Å²) in [5, 5.41) is -0.372. The minimum absolute atomic E-state index is 0.0314. The Morgan fingerprint density at radius 1 is 1.09 bits per heavy atom. The van der Waals surface area contributed by atoms with Crippen molar-refractivity contribution in [2.75, 3.05) is 32.8 Å². The van der Waals surface area contributed by atoms with Crippen LogP contribution in [0.5, 0.6) is 0 Å². The number of halogens is 2. The highest BCUT2D eigenvalue weighted by molar-refractivity contribution is 7.49. The molecule has 1 fully saturated rings. The number of ether oxygens (including phenoxy) is 5. The predicted molar refractivity (Wildman–Crippen MR) is 151 cm³/mol. The summed E-state index contributed by atoms with van der Waals surface area (Å²) in [6.07, 6.45) is -4.71. The van der Waals surface area contributed by atoms with E-state index in [1.807, 2.05) is 0 Å². The minimum atomic E-state index is -1.78. The van der Waals surface area contributed by atoms with E-state index in [2.05, 4.69) is 15.0 Å². The first kappa shape index (κ1) is 34.7. The van der Waals surface area contributed by atoms with Gasteiger partial charge in [-0.05, 0) is 53.1 Å². The van der Waals surface area contributed by atoms with Crippen LogP contribution in [0.25, 0.3) is 11.2 Å². The van der Waals surface area contributed by atoms with Crippen LogP contribution in [0.2, 0.25) is 5.28 Å². The van der Waals surface area contributed by atoms with Crippen LogP contribution in [0.15, 0.2) is 6.33 Å². The highest BCUT2D eigenvalue weighted by Gasteiger charge is 2.41. The van der Waals surface area contributed by atoms with E-state index in [0.29, 0.717) is 4.90 Å². The standard InChI is InChI=1S/C25H36ClFN5O10P/c1-24(2,3)41-22(34)32(23(35)42-25(4,5)6)17-15-16(29-21(26)30-17)31(12-28-15)18-14(27)10-13(40-18)11-39-20(19(33)36-7)43(37-8)38-9/h12-14,18,20H,10-11H2,1-9H3. The lowest BCUT2D eigenvalue weighted by atomic mass is 10.2. The van der Waals surface area contributed by atoms with Crippen LogP contribution in [-0.2, 0) is 37.5 Å². The molecular weight excluding hydrogens is 616 g/mol. The van der Waals surface area contributed by atoms with Crippen molar-refractivity contribution in [3.63, 3.8) is 0 Å². The van der Waals surface area contributed by atoms with E-state index in [0.717, 1.165) is 0 Å². The second kappa shape index (κ2) is 13.9. The zero-order valence-corrected chi connectivity index (χ0v) is 27.0. The number of esters is 1. The molecular formula is C25H36ClFN5O10P. The molecule has 2 amide bonds. The monoisotopic (exact) mass is 651 g/mol. The second-order valence-electron chi connectivity index (χ2n) is 11.2. The van der Waals surface area contributed by atoms with Crippen LogP contribution in [0.3, 0.4) is 0 Å². The molecule has 240 valence electrons. The van der Waals surface area contributed by atoms with E-state index < -0.39 is 62.1 Å². The zero-order valence-electron chi connectivity index (χ0n) is 25.3. The Morgan fingerprint density at radius 3 is 2.19 bits per heavy atom. The Bertz CT molecular complexity index is 1290. The van der Waals surface area contributed by atoms with Crippen LogP contribution in [0.4, 0.5) is 19.8 Å². The van der Waals surface area contributed by atoms with Gasteiger partial charge in [-0.2, -0.15) is 14.9 Å². The molecule has 2 aromatic heterocycles. The molecule has 43 heavy (non-hydrogen) atoms. The van der Waals surface area contributed by atoms with Crippen molar-refractivity contribution < 1.29 is 51.5 Å². The van der Waals surface area contributed by atoms with E-state index in [9.17, 15) is 14.4 Å². The van der Waals surface area contributed by atoms with E-state index in [-0.39, 0.29) is 35.3 Å². The van der Waals surface area contributed by atoms with Crippen molar-refractivity contribution in [1.82, 2.24) is 19.5 Å². The van der Waals surface area contributed by atoms with Crippen LogP contribution >= 0.6 is 20.0 Å². The molecule has 4 atom stereocenters. The molecule has 3 rings (SSSR count). The van der Waals surface area contributed by atoms with Crippen molar-refractivity contribution in [1.29, 1.82) is 0 Å². The van der Waals surface area contributed by atoms with Crippen molar-refractivity contribution in [2.24, 2.45) is 0 Å². The summed E-state index contributed by atoms with van der Waals surface area (Å²) in [5.41, 5.74) is -2.07. The molecule has 1 aliphatic heterocycles. The second-order valence-corrected chi connectivity index (χ2v) is 13.3. The van der Waals surface area contributed by atoms with Gasteiger partial charge in [0.15, 0.2) is 23.2 Å². The number of rotatable bonds is 9. The van der Waals surface area contributed by atoms with Crippen LogP contribution in [-0.4, -0.2) is 94.9 Å². The molecule has 0 N–H and O–H groups in total. The fourth-order valence-electron chi connectivity index (χ4n) is 3.91. The van der Waals surface area contributed by atoms with Gasteiger partial charge in [-0.3, -0.25) is 4.57 Å². The Balaban J connectivity index is 1.94. The van der Waals surface area contributed by atoms with Crippen LogP contribution in [0, 0.1) is 0 Å². The largest absolute Gasteiger partial charge is 0.467 e. The van der Waals surface area contributed by atoms with Gasteiger partial charge in [0.25, 0.3) is 0 Å². The lowest BCUT2D eigenvalue weighted by Crippen LogP contribution is -2.44. The maximum absolute atomic E-state index is 15.4. The van der Waals surface area contributed by atoms with E-state index in [4.69, 9.17) is 44.3 Å². The van der Waals surface area contributed by atoms with Gasteiger partial charge < -0.3 is 32.7 Å². The molecule has 0 aromatic carbocycles. The van der Waals surface area contributed by atoms with Gasteiger partial charge in [0.2, 0.25) is 19.5 Å². The molecule has 0 aliphatic carbocycles. The molecule has 0 radical (unpaired) electrons. The molecule has 3 heterocycles. The van der Waals surface area contributed by atoms with Gasteiger partial charge in [0.1, 0.15) is 17.4 Å². The zero-order chi connectivity index (χ0) is 32.3. The summed E-state index contributed by atoms with van der Waals surface area (Å²) in [5.74, 6) is -2.25. The maximum atomic E-state index is 15.4. The molecule has 2 aromatic rings. The molecule has 0 saturated carbocycles.